The standard InChI is InChI=1S/C29H33N3O2/c1-20-8-6-7-11-26(20)27(19-28(32-34)24-16-17-30-21(2)18-24)22-12-14-23(15-13-22)29(33)31-25-9-4-3-5-10-25/h6-8,11-18,25,27,34H,3-5,9-10,19H2,1-2H3,(H,31,33)/b32-28+/t27-/m1/s1. The number of nitrogens with zero attached hydrogens (tertiary/aromatic N) is 2. The molecule has 0 spiro atoms. The van der Waals surface area contributed by atoms with Gasteiger partial charge in [-0.15, -0.1) is 0 Å². The van der Waals surface area contributed by atoms with E-state index in [0.29, 0.717) is 17.7 Å². The molecule has 1 saturated carbocycles. The minimum atomic E-state index is -0.0176. The first-order valence-electron chi connectivity index (χ1n) is 12.2. The maximum absolute atomic E-state index is 12.8. The maximum Gasteiger partial charge on any atom is 0.251 e. The van der Waals surface area contributed by atoms with Crippen molar-refractivity contribution in [2.75, 3.05) is 0 Å². The van der Waals surface area contributed by atoms with Crippen LogP contribution in [0.15, 0.2) is 72.0 Å². The van der Waals surface area contributed by atoms with Gasteiger partial charge in [-0.05, 0) is 67.6 Å². The van der Waals surface area contributed by atoms with E-state index >= 15 is 0 Å². The number of benzene rings is 2. The Morgan fingerprint density at radius 1 is 1.03 bits per heavy atom. The highest BCUT2D eigenvalue weighted by molar-refractivity contribution is 6.01. The molecule has 5 nitrogen and oxygen atoms in total. The van der Waals surface area contributed by atoms with Gasteiger partial charge in [0.15, 0.2) is 0 Å². The Morgan fingerprint density at radius 3 is 2.44 bits per heavy atom. The summed E-state index contributed by atoms with van der Waals surface area (Å²) in [7, 11) is 0. The van der Waals surface area contributed by atoms with Crippen molar-refractivity contribution in [1.29, 1.82) is 0 Å². The average Bonchev–Trinajstić information content (AvgIpc) is 2.86. The quantitative estimate of drug-likeness (QED) is 0.254. The molecule has 1 aliphatic carbocycles. The number of hydrogen-bond donors (Lipinski definition) is 2. The summed E-state index contributed by atoms with van der Waals surface area (Å²) in [6, 6.07) is 20.2. The van der Waals surface area contributed by atoms with E-state index in [1.165, 1.54) is 30.4 Å². The van der Waals surface area contributed by atoms with Crippen LogP contribution >= 0.6 is 0 Å². The molecule has 1 heterocycles. The van der Waals surface area contributed by atoms with Crippen LogP contribution in [0.25, 0.3) is 0 Å². The third-order valence-corrected chi connectivity index (χ3v) is 6.83. The maximum atomic E-state index is 12.8. The number of oxime groups is 1. The predicted octanol–water partition coefficient (Wildman–Crippen LogP) is 6.16. The van der Waals surface area contributed by atoms with Crippen molar-refractivity contribution in [1.82, 2.24) is 10.3 Å². The number of aromatic nitrogens is 1. The van der Waals surface area contributed by atoms with Gasteiger partial charge in [0.05, 0.1) is 5.71 Å². The summed E-state index contributed by atoms with van der Waals surface area (Å²) in [5.41, 5.74) is 6.45. The van der Waals surface area contributed by atoms with Crippen LogP contribution < -0.4 is 5.32 Å². The zero-order chi connectivity index (χ0) is 23.9. The summed E-state index contributed by atoms with van der Waals surface area (Å²) in [6.45, 7) is 4.02. The van der Waals surface area contributed by atoms with Gasteiger partial charge in [0.25, 0.3) is 5.91 Å². The van der Waals surface area contributed by atoms with E-state index in [-0.39, 0.29) is 17.9 Å². The van der Waals surface area contributed by atoms with Crippen LogP contribution in [-0.2, 0) is 0 Å². The molecule has 34 heavy (non-hydrogen) atoms. The summed E-state index contributed by atoms with van der Waals surface area (Å²) in [6.07, 6.45) is 8.03. The van der Waals surface area contributed by atoms with Gasteiger partial charge in [-0.2, -0.15) is 0 Å². The first kappa shape index (κ1) is 23.7. The molecule has 1 fully saturated rings. The number of carbonyl (C=O) groups is 1. The Balaban J connectivity index is 1.60. The third-order valence-electron chi connectivity index (χ3n) is 6.83. The molecule has 2 N–H and O–H groups in total. The summed E-state index contributed by atoms with van der Waals surface area (Å²) in [4.78, 5) is 17.0. The molecule has 0 saturated heterocycles. The molecule has 1 amide bonds. The van der Waals surface area contributed by atoms with Crippen molar-refractivity contribution in [2.24, 2.45) is 5.16 Å². The van der Waals surface area contributed by atoms with Crippen LogP contribution in [0.3, 0.4) is 0 Å². The predicted molar refractivity (Wildman–Crippen MR) is 136 cm³/mol. The Morgan fingerprint density at radius 2 is 1.76 bits per heavy atom. The molecule has 176 valence electrons. The van der Waals surface area contributed by atoms with Crippen molar-refractivity contribution in [3.8, 4) is 0 Å². The fourth-order valence-corrected chi connectivity index (χ4v) is 4.90. The normalized spacial score (nSPS) is 15.6. The van der Waals surface area contributed by atoms with Gasteiger partial charge in [-0.25, -0.2) is 0 Å². The van der Waals surface area contributed by atoms with Crippen LogP contribution in [0, 0.1) is 13.8 Å². The molecule has 1 aromatic heterocycles. The molecule has 4 rings (SSSR count). The van der Waals surface area contributed by atoms with E-state index in [2.05, 4.69) is 34.5 Å². The number of pyridine rings is 1. The molecule has 0 aliphatic heterocycles. The van der Waals surface area contributed by atoms with Gasteiger partial charge in [0.1, 0.15) is 0 Å². The molecule has 0 bridgehead atoms. The van der Waals surface area contributed by atoms with E-state index in [1.807, 2.05) is 55.5 Å². The topological polar surface area (TPSA) is 74.6 Å². The number of hydrogen-bond acceptors (Lipinski definition) is 4. The number of nitrogens with one attached hydrogen (secondary N) is 1. The van der Waals surface area contributed by atoms with Crippen LogP contribution in [-0.4, -0.2) is 27.9 Å². The second-order valence-corrected chi connectivity index (χ2v) is 9.28. The minimum absolute atomic E-state index is 0.00392. The van der Waals surface area contributed by atoms with Crippen molar-refractivity contribution in [2.45, 2.75) is 64.3 Å². The summed E-state index contributed by atoms with van der Waals surface area (Å²) >= 11 is 0. The smallest absolute Gasteiger partial charge is 0.251 e. The molecule has 0 radical (unpaired) electrons. The fraction of sp³-hybridized carbons (Fsp3) is 0.345. The summed E-state index contributed by atoms with van der Waals surface area (Å²) < 4.78 is 0. The van der Waals surface area contributed by atoms with Gasteiger partial charge >= 0.3 is 0 Å². The van der Waals surface area contributed by atoms with Crippen molar-refractivity contribution < 1.29 is 10.0 Å². The molecular formula is C29H33N3O2. The number of amides is 1. The molecule has 1 aliphatic rings. The van der Waals surface area contributed by atoms with Gasteiger partial charge in [-0.3, -0.25) is 9.78 Å². The lowest BCUT2D eigenvalue weighted by Crippen LogP contribution is -2.36. The van der Waals surface area contributed by atoms with Gasteiger partial charge in [0, 0.05) is 41.4 Å². The highest BCUT2D eigenvalue weighted by Gasteiger charge is 2.22. The highest BCUT2D eigenvalue weighted by atomic mass is 16.4. The number of aryl methyl sites for hydroxylation is 2. The first-order valence-corrected chi connectivity index (χ1v) is 12.2. The SMILES string of the molecule is Cc1cc(/C(C[C@H](c2ccc(C(=O)NC3CCCCC3)cc2)c2ccccc2C)=N/O)ccn1. The lowest BCUT2D eigenvalue weighted by Gasteiger charge is -2.23. The first-order chi connectivity index (χ1) is 16.5. The Hall–Kier alpha value is -3.47. The monoisotopic (exact) mass is 455 g/mol. The van der Waals surface area contributed by atoms with E-state index < -0.39 is 0 Å². The minimum Gasteiger partial charge on any atom is -0.411 e. The third kappa shape index (κ3) is 5.71. The Labute approximate surface area is 201 Å². The fourth-order valence-electron chi connectivity index (χ4n) is 4.90. The molecule has 0 unspecified atom stereocenters. The Bertz CT molecular complexity index is 1150. The number of rotatable bonds is 7. The van der Waals surface area contributed by atoms with Crippen molar-refractivity contribution >= 4 is 11.6 Å². The second kappa shape index (κ2) is 11.1. The number of carbonyl (C=O) groups excluding carboxylic acids is 1. The van der Waals surface area contributed by atoms with Crippen molar-refractivity contribution in [3.05, 3.63) is 100 Å². The second-order valence-electron chi connectivity index (χ2n) is 9.28. The summed E-state index contributed by atoms with van der Waals surface area (Å²) in [5.74, 6) is -0.0215. The van der Waals surface area contributed by atoms with E-state index in [0.717, 1.165) is 29.7 Å². The van der Waals surface area contributed by atoms with E-state index in [9.17, 15) is 10.0 Å². The zero-order valence-electron chi connectivity index (χ0n) is 20.0. The molecule has 1 atom stereocenters. The van der Waals surface area contributed by atoms with Crippen LogP contribution in [0.5, 0.6) is 0 Å². The van der Waals surface area contributed by atoms with Gasteiger partial charge < -0.3 is 10.5 Å². The average molecular weight is 456 g/mol. The lowest BCUT2D eigenvalue weighted by molar-refractivity contribution is 0.0927. The molecule has 3 aromatic rings. The Kier molecular flexibility index (Phi) is 7.73. The molecular weight excluding hydrogens is 422 g/mol. The molecule has 5 heteroatoms. The largest absolute Gasteiger partial charge is 0.411 e. The molecule has 2 aromatic carbocycles. The lowest BCUT2D eigenvalue weighted by atomic mass is 9.83. The van der Waals surface area contributed by atoms with Gasteiger partial charge in [0.2, 0.25) is 0 Å². The van der Waals surface area contributed by atoms with Gasteiger partial charge in [-0.1, -0.05) is 60.8 Å². The van der Waals surface area contributed by atoms with Crippen molar-refractivity contribution in [3.63, 3.8) is 0 Å². The van der Waals surface area contributed by atoms with E-state index in [4.69, 9.17) is 0 Å². The van der Waals surface area contributed by atoms with Crippen LogP contribution in [0.2, 0.25) is 0 Å². The van der Waals surface area contributed by atoms with E-state index in [1.54, 1.807) is 6.20 Å². The van der Waals surface area contributed by atoms with Crippen LogP contribution in [0.1, 0.15) is 82.7 Å². The zero-order valence-corrected chi connectivity index (χ0v) is 20.0. The summed E-state index contributed by atoms with van der Waals surface area (Å²) in [5, 5.41) is 16.7. The van der Waals surface area contributed by atoms with Crippen LogP contribution in [0.4, 0.5) is 0 Å². The highest BCUT2D eigenvalue weighted by Crippen LogP contribution is 2.32.